The largest absolute Gasteiger partial charge is 0.373 e. The zero-order chi connectivity index (χ0) is 2.71. The quantitative estimate of drug-likeness (QED) is 0.489. The summed E-state index contributed by atoms with van der Waals surface area (Å²) in [5.41, 5.74) is 0. The van der Waals surface area contributed by atoms with Crippen molar-refractivity contribution in [2.75, 3.05) is 0 Å². The summed E-state index contributed by atoms with van der Waals surface area (Å²) in [5, 5.41) is 0. The van der Waals surface area contributed by atoms with Crippen LogP contribution in [-0.4, -0.2) is 6.15 Å². The minimum atomic E-state index is 0. The Morgan fingerprint density at radius 1 is 1.17 bits per heavy atom. The lowest BCUT2D eigenvalue weighted by molar-refractivity contribution is -0.191. The van der Waals surface area contributed by atoms with Crippen molar-refractivity contribution in [2.45, 2.75) is 7.43 Å². The fraction of sp³-hybridized carbons (Fsp3) is 0.500. The van der Waals surface area contributed by atoms with E-state index in [1.165, 1.54) is 0 Å². The van der Waals surface area contributed by atoms with Crippen LogP contribution in [0.5, 0.6) is 0 Å². The first-order chi connectivity index (χ1) is 1.41. The molecule has 0 rings (SSSR count). The van der Waals surface area contributed by atoms with Gasteiger partial charge in [-0.15, -0.1) is 0 Å². The van der Waals surface area contributed by atoms with Crippen LogP contribution < -0.4 is 6.15 Å². The van der Waals surface area contributed by atoms with Gasteiger partial charge in [0.2, 0.25) is 0 Å². The van der Waals surface area contributed by atoms with Crippen molar-refractivity contribution in [3.63, 3.8) is 0 Å². The predicted octanol–water partition coefficient (Wildman–Crippen LogP) is 0.327. The van der Waals surface area contributed by atoms with E-state index >= 15 is 0 Å². The minimum Gasteiger partial charge on any atom is -0.344 e. The normalized spacial score (nSPS) is 1.33. The van der Waals surface area contributed by atoms with Gasteiger partial charge in [0.25, 0.3) is 0 Å². The molecule has 6 heavy (non-hydrogen) atoms. The van der Waals surface area contributed by atoms with Crippen LogP contribution in [0.25, 0.3) is 0 Å². The molecule has 0 atom stereocenters. The number of rotatable bonds is 0. The molecule has 0 spiro atoms. The Labute approximate surface area is 43.8 Å². The number of hydrogen-bond acceptors (Lipinski definition) is 3. The molecule has 40 valence electrons. The Morgan fingerprint density at radius 3 is 1.17 bits per heavy atom. The van der Waals surface area contributed by atoms with E-state index in [4.69, 9.17) is 9.59 Å². The summed E-state index contributed by atoms with van der Waals surface area (Å²) in [6.07, 6.45) is 0.250. The molecule has 0 fully saturated rings. The molecule has 0 saturated carbocycles. The Bertz CT molecular complexity index is 32.5. The van der Waals surface area contributed by atoms with E-state index in [1.807, 2.05) is 0 Å². The summed E-state index contributed by atoms with van der Waals surface area (Å²) in [6, 6.07) is 0. The molecule has 0 heterocycles. The molecule has 0 aromatic carbocycles. The molecule has 0 saturated heterocycles. The zero-order valence-corrected chi connectivity index (χ0v) is 3.52. The molecule has 0 aliphatic heterocycles. The second-order valence-corrected chi connectivity index (χ2v) is 0.0833. The molecule has 4 heteroatoms. The smallest absolute Gasteiger partial charge is 0.344 e. The molecule has 0 aliphatic carbocycles. The molecule has 0 unspecified atom stereocenters. The summed E-state index contributed by atoms with van der Waals surface area (Å²) >= 11 is 0. The van der Waals surface area contributed by atoms with E-state index in [0.29, 0.717) is 0 Å². The van der Waals surface area contributed by atoms with Crippen LogP contribution in [0, 0.1) is 0 Å². The van der Waals surface area contributed by atoms with Gasteiger partial charge in [0.15, 0.2) is 0 Å². The second kappa shape index (κ2) is 134. The topological polar surface area (TPSA) is 69.1 Å². The lowest BCUT2D eigenvalue weighted by Gasteiger charge is -0.945. The van der Waals surface area contributed by atoms with Crippen LogP contribution in [0.4, 0.5) is 0 Å². The summed E-state index contributed by atoms with van der Waals surface area (Å²) in [7, 11) is 0. The van der Waals surface area contributed by atoms with Gasteiger partial charge < -0.3 is 6.15 Å². The minimum absolute atomic E-state index is 0. The first-order valence-corrected chi connectivity index (χ1v) is 0.408. The van der Waals surface area contributed by atoms with Gasteiger partial charge in [-0.3, -0.25) is 0 Å². The van der Waals surface area contributed by atoms with Crippen molar-refractivity contribution < 1.29 is 9.59 Å². The Morgan fingerprint density at radius 2 is 1.17 bits per heavy atom. The van der Waals surface area contributed by atoms with Crippen molar-refractivity contribution in [1.29, 1.82) is 0 Å². The number of hydrogen-bond donors (Lipinski definition) is 1. The monoisotopic (exact) mass is 111 g/mol. The molecule has 0 aliphatic rings. The first-order valence-electron chi connectivity index (χ1n) is 0.408. The fourth-order valence-corrected chi connectivity index (χ4v) is 0. The van der Waals surface area contributed by atoms with E-state index in [1.54, 1.807) is 0 Å². The lowest BCUT2D eigenvalue weighted by Crippen LogP contribution is -1.22. The maximum atomic E-state index is 8.12. The van der Waals surface area contributed by atoms with E-state index in [2.05, 4.69) is 0 Å². The maximum absolute atomic E-state index is 8.12. The van der Waals surface area contributed by atoms with Crippen molar-refractivity contribution in [3.05, 3.63) is 0 Å². The molecule has 0 amide bonds. The van der Waals surface area contributed by atoms with Crippen LogP contribution in [0.1, 0.15) is 7.43 Å². The SMILES string of the molecule is C.N.O=C=O.S. The van der Waals surface area contributed by atoms with Gasteiger partial charge in [0, 0.05) is 0 Å². The first kappa shape index (κ1) is 43.8. The van der Waals surface area contributed by atoms with E-state index in [9.17, 15) is 0 Å². The molecule has 0 bridgehead atoms. The molecular weight excluding hydrogens is 102 g/mol. The summed E-state index contributed by atoms with van der Waals surface area (Å²) in [4.78, 5) is 16.2. The second-order valence-electron chi connectivity index (χ2n) is 0.0833. The molecule has 3 N–H and O–H groups in total. The van der Waals surface area contributed by atoms with E-state index in [0.717, 1.165) is 0 Å². The van der Waals surface area contributed by atoms with Crippen LogP contribution in [-0.2, 0) is 9.59 Å². The summed E-state index contributed by atoms with van der Waals surface area (Å²) in [6.45, 7) is 0. The maximum Gasteiger partial charge on any atom is 0.373 e. The summed E-state index contributed by atoms with van der Waals surface area (Å²) < 4.78 is 0. The third-order valence-corrected chi connectivity index (χ3v) is 0. The van der Waals surface area contributed by atoms with Gasteiger partial charge in [-0.1, -0.05) is 7.43 Å². The highest BCUT2D eigenvalue weighted by atomic mass is 32.1. The third kappa shape index (κ3) is 278. The highest BCUT2D eigenvalue weighted by Gasteiger charge is 1.13. The van der Waals surface area contributed by atoms with E-state index in [-0.39, 0.29) is 33.2 Å². The standard InChI is InChI=1S/CO2.CH4.H3N.H2S/c2-1-3;;;/h;1H4;1H3;1H2. The fourth-order valence-electron chi connectivity index (χ4n) is 0. The van der Waals surface area contributed by atoms with Gasteiger partial charge in [0.1, 0.15) is 0 Å². The highest BCUT2D eigenvalue weighted by molar-refractivity contribution is 7.59. The van der Waals surface area contributed by atoms with Crippen LogP contribution in [0.2, 0.25) is 0 Å². The Kier molecular flexibility index (Phi) is 980. The van der Waals surface area contributed by atoms with Crippen LogP contribution >= 0.6 is 13.5 Å². The Balaban J connectivity index is -0.00000000667. The third-order valence-electron chi connectivity index (χ3n) is 0. The highest BCUT2D eigenvalue weighted by Crippen LogP contribution is 0.787. The average Bonchev–Trinajstić information content (AvgIpc) is 0.918. The van der Waals surface area contributed by atoms with Gasteiger partial charge in [-0.25, -0.2) is 0 Å². The molecule has 0 aromatic heterocycles. The van der Waals surface area contributed by atoms with Crippen molar-refractivity contribution in [3.8, 4) is 0 Å². The molecular formula is C2H9NO2S. The molecule has 0 radical (unpaired) electrons. The van der Waals surface area contributed by atoms with Gasteiger partial charge in [0.05, 0.1) is 0 Å². The predicted molar refractivity (Wildman–Crippen MR) is 27.1 cm³/mol. The van der Waals surface area contributed by atoms with Crippen LogP contribution in [0.15, 0.2) is 0 Å². The number of carbonyl (C=O) groups excluding carboxylic acids is 2. The van der Waals surface area contributed by atoms with Crippen molar-refractivity contribution in [1.82, 2.24) is 6.15 Å². The average molecular weight is 111 g/mol. The van der Waals surface area contributed by atoms with Crippen molar-refractivity contribution >= 4 is 19.6 Å². The molecule has 3 nitrogen and oxygen atoms in total. The van der Waals surface area contributed by atoms with Gasteiger partial charge in [-0.2, -0.15) is 23.1 Å². The van der Waals surface area contributed by atoms with Gasteiger partial charge in [-0.05, 0) is 0 Å². The lowest BCUT2D eigenvalue weighted by atomic mass is 11.8. The van der Waals surface area contributed by atoms with Gasteiger partial charge >= 0.3 is 6.15 Å². The van der Waals surface area contributed by atoms with Crippen molar-refractivity contribution in [2.24, 2.45) is 0 Å². The zero-order valence-electron chi connectivity index (χ0n) is 2.52. The van der Waals surface area contributed by atoms with Crippen LogP contribution in [0.3, 0.4) is 0 Å². The Hall–Kier alpha value is -0.310. The summed E-state index contributed by atoms with van der Waals surface area (Å²) in [5.74, 6) is 0. The molecule has 0 aromatic rings. The van der Waals surface area contributed by atoms with E-state index < -0.39 is 0 Å².